The van der Waals surface area contributed by atoms with Gasteiger partial charge in [-0.15, -0.1) is 0 Å². The van der Waals surface area contributed by atoms with Gasteiger partial charge < -0.3 is 9.47 Å². The van der Waals surface area contributed by atoms with E-state index in [2.05, 4.69) is 23.4 Å². The van der Waals surface area contributed by atoms with Crippen LogP contribution in [0.15, 0.2) is 36.7 Å². The first-order valence-corrected chi connectivity index (χ1v) is 8.98. The lowest BCUT2D eigenvalue weighted by molar-refractivity contribution is -0.140. The molecule has 1 fully saturated rings. The molecule has 1 amide bonds. The van der Waals surface area contributed by atoms with E-state index in [9.17, 15) is 4.79 Å². The molecule has 1 aliphatic carbocycles. The van der Waals surface area contributed by atoms with Crippen LogP contribution in [0.2, 0.25) is 5.02 Å². The number of hydrogen-bond donors (Lipinski definition) is 0. The third-order valence-corrected chi connectivity index (χ3v) is 5.14. The number of hydrogen-bond acceptors (Lipinski definition) is 2. The topological polar surface area (TPSA) is 38.1 Å². The van der Waals surface area contributed by atoms with Crippen molar-refractivity contribution in [1.29, 1.82) is 0 Å². The van der Waals surface area contributed by atoms with Crippen LogP contribution in [0.4, 0.5) is 0 Å². The predicted molar refractivity (Wildman–Crippen MR) is 95.8 cm³/mol. The van der Waals surface area contributed by atoms with Crippen LogP contribution in [0.5, 0.6) is 0 Å². The van der Waals surface area contributed by atoms with E-state index in [0.29, 0.717) is 13.1 Å². The summed E-state index contributed by atoms with van der Waals surface area (Å²) in [6.07, 6.45) is 6.96. The zero-order valence-corrected chi connectivity index (χ0v) is 15.0. The standard InChI is InChI=1S/C19H24ClN3O/c1-14(2)23(19(24)15-7-5-8-15)13-18-21-10-11-22(18)12-16-6-3-4-9-17(16)20/h3-4,6,9-11,14-15H,5,7-8,12-13H2,1-2H3. The maximum absolute atomic E-state index is 12.7. The van der Waals surface area contributed by atoms with E-state index in [4.69, 9.17) is 11.6 Å². The summed E-state index contributed by atoms with van der Waals surface area (Å²) in [5, 5.41) is 0.753. The Labute approximate surface area is 148 Å². The highest BCUT2D eigenvalue weighted by Crippen LogP contribution is 2.29. The molecule has 0 atom stereocenters. The number of aromatic nitrogens is 2. The van der Waals surface area contributed by atoms with Gasteiger partial charge in [0.1, 0.15) is 5.82 Å². The monoisotopic (exact) mass is 345 g/mol. The lowest BCUT2D eigenvalue weighted by Crippen LogP contribution is -2.43. The number of carbonyl (C=O) groups excluding carboxylic acids is 1. The van der Waals surface area contributed by atoms with Gasteiger partial charge in [-0.05, 0) is 38.3 Å². The summed E-state index contributed by atoms with van der Waals surface area (Å²) in [5.41, 5.74) is 1.06. The van der Waals surface area contributed by atoms with E-state index in [1.54, 1.807) is 6.20 Å². The first kappa shape index (κ1) is 17.0. The molecule has 0 unspecified atom stereocenters. The highest BCUT2D eigenvalue weighted by molar-refractivity contribution is 6.31. The molecular weight excluding hydrogens is 322 g/mol. The molecule has 128 valence electrons. The molecule has 24 heavy (non-hydrogen) atoms. The fourth-order valence-corrected chi connectivity index (χ4v) is 3.20. The van der Waals surface area contributed by atoms with Crippen molar-refractivity contribution in [1.82, 2.24) is 14.5 Å². The first-order chi connectivity index (χ1) is 11.6. The van der Waals surface area contributed by atoms with E-state index in [1.165, 1.54) is 6.42 Å². The lowest BCUT2D eigenvalue weighted by Gasteiger charge is -2.34. The average molecular weight is 346 g/mol. The molecule has 0 aliphatic heterocycles. The van der Waals surface area contributed by atoms with Crippen LogP contribution < -0.4 is 0 Å². The fourth-order valence-electron chi connectivity index (χ4n) is 3.00. The number of nitrogens with zero attached hydrogens (tertiary/aromatic N) is 3. The normalized spacial score (nSPS) is 14.7. The summed E-state index contributed by atoms with van der Waals surface area (Å²) >= 11 is 6.27. The van der Waals surface area contributed by atoms with E-state index in [0.717, 1.165) is 29.3 Å². The van der Waals surface area contributed by atoms with Crippen LogP contribution in [0.3, 0.4) is 0 Å². The molecular formula is C19H24ClN3O. The second-order valence-corrected chi connectivity index (χ2v) is 7.16. The minimum absolute atomic E-state index is 0.170. The maximum Gasteiger partial charge on any atom is 0.226 e. The van der Waals surface area contributed by atoms with Crippen LogP contribution in [-0.2, 0) is 17.9 Å². The Morgan fingerprint density at radius 3 is 2.75 bits per heavy atom. The van der Waals surface area contributed by atoms with Gasteiger partial charge in [0.15, 0.2) is 0 Å². The van der Waals surface area contributed by atoms with Gasteiger partial charge in [0.2, 0.25) is 5.91 Å². The molecule has 1 aromatic carbocycles. The van der Waals surface area contributed by atoms with Crippen molar-refractivity contribution in [3.8, 4) is 0 Å². The van der Waals surface area contributed by atoms with E-state index < -0.39 is 0 Å². The van der Waals surface area contributed by atoms with Crippen molar-refractivity contribution in [2.24, 2.45) is 5.92 Å². The van der Waals surface area contributed by atoms with Gasteiger partial charge in [0, 0.05) is 29.4 Å². The molecule has 4 nitrogen and oxygen atoms in total. The quantitative estimate of drug-likeness (QED) is 0.789. The van der Waals surface area contributed by atoms with Gasteiger partial charge in [-0.2, -0.15) is 0 Å². The Morgan fingerprint density at radius 2 is 2.12 bits per heavy atom. The van der Waals surface area contributed by atoms with Crippen LogP contribution in [0.25, 0.3) is 0 Å². The smallest absolute Gasteiger partial charge is 0.226 e. The molecule has 1 aromatic heterocycles. The van der Waals surface area contributed by atoms with Crippen LogP contribution >= 0.6 is 11.6 Å². The molecule has 1 aliphatic rings. The van der Waals surface area contributed by atoms with E-state index in [-0.39, 0.29) is 17.9 Å². The molecule has 0 saturated heterocycles. The maximum atomic E-state index is 12.7. The van der Waals surface area contributed by atoms with Gasteiger partial charge in [-0.1, -0.05) is 36.2 Å². The van der Waals surface area contributed by atoms with Crippen molar-refractivity contribution in [3.05, 3.63) is 53.1 Å². The number of halogens is 1. The van der Waals surface area contributed by atoms with Crippen LogP contribution in [0.1, 0.15) is 44.5 Å². The largest absolute Gasteiger partial charge is 0.333 e. The minimum atomic E-state index is 0.170. The number of benzene rings is 1. The second-order valence-electron chi connectivity index (χ2n) is 6.75. The first-order valence-electron chi connectivity index (χ1n) is 8.60. The van der Waals surface area contributed by atoms with Gasteiger partial charge in [0.05, 0.1) is 13.1 Å². The molecule has 1 saturated carbocycles. The molecule has 0 spiro atoms. The van der Waals surface area contributed by atoms with Gasteiger partial charge in [0.25, 0.3) is 0 Å². The summed E-state index contributed by atoms with van der Waals surface area (Å²) in [7, 11) is 0. The van der Waals surface area contributed by atoms with E-state index >= 15 is 0 Å². The number of rotatable bonds is 6. The van der Waals surface area contributed by atoms with Crippen LogP contribution in [-0.4, -0.2) is 26.4 Å². The van der Waals surface area contributed by atoms with Crippen molar-refractivity contribution in [2.75, 3.05) is 0 Å². The molecule has 1 heterocycles. The fraction of sp³-hybridized carbons (Fsp3) is 0.474. The van der Waals surface area contributed by atoms with Gasteiger partial charge in [-0.25, -0.2) is 4.98 Å². The van der Waals surface area contributed by atoms with Gasteiger partial charge >= 0.3 is 0 Å². The summed E-state index contributed by atoms with van der Waals surface area (Å²) in [5.74, 6) is 1.37. The van der Waals surface area contributed by atoms with Gasteiger partial charge in [-0.3, -0.25) is 4.79 Å². The molecule has 5 heteroatoms. The SMILES string of the molecule is CC(C)N(Cc1nccn1Cc1ccccc1Cl)C(=O)C1CCC1. The molecule has 3 rings (SSSR count). The molecule has 0 bridgehead atoms. The predicted octanol–water partition coefficient (Wildman–Crippen LogP) is 4.12. The Bertz CT molecular complexity index is 706. The second kappa shape index (κ2) is 7.39. The summed E-state index contributed by atoms with van der Waals surface area (Å²) in [6.45, 7) is 5.35. The van der Waals surface area contributed by atoms with Crippen molar-refractivity contribution >= 4 is 17.5 Å². The Morgan fingerprint density at radius 1 is 1.38 bits per heavy atom. The number of carbonyl (C=O) groups is 1. The van der Waals surface area contributed by atoms with Crippen molar-refractivity contribution < 1.29 is 4.79 Å². The Balaban J connectivity index is 1.76. The summed E-state index contributed by atoms with van der Waals surface area (Å²) in [4.78, 5) is 19.1. The van der Waals surface area contributed by atoms with Crippen LogP contribution in [0, 0.1) is 5.92 Å². The third kappa shape index (κ3) is 3.64. The zero-order chi connectivity index (χ0) is 17.1. The summed E-state index contributed by atoms with van der Waals surface area (Å²) < 4.78 is 2.07. The Hall–Kier alpha value is -1.81. The third-order valence-electron chi connectivity index (χ3n) is 4.77. The molecule has 0 radical (unpaired) electrons. The zero-order valence-electron chi connectivity index (χ0n) is 14.3. The number of amides is 1. The average Bonchev–Trinajstić information content (AvgIpc) is 2.92. The molecule has 0 N–H and O–H groups in total. The van der Waals surface area contributed by atoms with Crippen molar-refractivity contribution in [2.45, 2.75) is 52.2 Å². The minimum Gasteiger partial charge on any atom is -0.333 e. The number of imidazole rings is 1. The Kier molecular flexibility index (Phi) is 5.24. The lowest BCUT2D eigenvalue weighted by atomic mass is 9.84. The highest BCUT2D eigenvalue weighted by Gasteiger charge is 2.31. The van der Waals surface area contributed by atoms with E-state index in [1.807, 2.05) is 35.4 Å². The van der Waals surface area contributed by atoms with Crippen molar-refractivity contribution in [3.63, 3.8) is 0 Å². The summed E-state index contributed by atoms with van der Waals surface area (Å²) in [6, 6.07) is 8.00. The highest BCUT2D eigenvalue weighted by atomic mass is 35.5. The molecule has 2 aromatic rings.